The molecule has 0 bridgehead atoms. The first-order valence-electron chi connectivity index (χ1n) is 8.34. The van der Waals surface area contributed by atoms with Gasteiger partial charge in [-0.2, -0.15) is 5.26 Å². The standard InChI is InChI=1S/C21H15ClN4S/c1-12-4-5-13-10-16(20(22)25-17(13)9-12)15-11-18(19-3-2-8-27-19)26-21(24)14(15)6-7-23/h2-5,8-11H,6H2,1H3,(H2,24,26). The topological polar surface area (TPSA) is 75.6 Å². The first-order chi connectivity index (χ1) is 13.1. The number of rotatable bonds is 3. The van der Waals surface area contributed by atoms with E-state index in [1.54, 1.807) is 11.3 Å². The van der Waals surface area contributed by atoms with Crippen LogP contribution in [0.25, 0.3) is 32.6 Å². The number of pyridine rings is 2. The molecule has 0 radical (unpaired) electrons. The number of nitrogens with two attached hydrogens (primary N) is 1. The molecule has 0 aliphatic carbocycles. The molecule has 132 valence electrons. The van der Waals surface area contributed by atoms with E-state index >= 15 is 0 Å². The number of hydrogen-bond acceptors (Lipinski definition) is 5. The second kappa shape index (κ2) is 6.99. The van der Waals surface area contributed by atoms with Crippen LogP contribution in [0.2, 0.25) is 5.15 Å². The van der Waals surface area contributed by atoms with E-state index < -0.39 is 0 Å². The van der Waals surface area contributed by atoms with Crippen molar-refractivity contribution >= 4 is 39.7 Å². The van der Waals surface area contributed by atoms with Gasteiger partial charge in [-0.15, -0.1) is 11.3 Å². The normalized spacial score (nSPS) is 10.9. The molecule has 4 nitrogen and oxygen atoms in total. The number of thiophene rings is 1. The van der Waals surface area contributed by atoms with Gasteiger partial charge >= 0.3 is 0 Å². The number of nitrogens with zero attached hydrogens (tertiary/aromatic N) is 3. The van der Waals surface area contributed by atoms with E-state index in [9.17, 15) is 5.26 Å². The molecule has 2 N–H and O–H groups in total. The second-order valence-corrected chi connectivity index (χ2v) is 7.56. The number of aromatic nitrogens is 2. The van der Waals surface area contributed by atoms with Gasteiger partial charge in [-0.05, 0) is 47.7 Å². The third kappa shape index (κ3) is 3.25. The molecule has 0 fully saturated rings. The molecule has 3 heterocycles. The molecule has 0 aliphatic rings. The summed E-state index contributed by atoms with van der Waals surface area (Å²) in [6, 6.07) is 16.1. The Balaban J connectivity index is 1.99. The van der Waals surface area contributed by atoms with Gasteiger partial charge in [0.25, 0.3) is 0 Å². The van der Waals surface area contributed by atoms with Crippen LogP contribution in [0.4, 0.5) is 5.82 Å². The zero-order valence-electron chi connectivity index (χ0n) is 14.5. The predicted octanol–water partition coefficient (Wildman–Crippen LogP) is 5.64. The van der Waals surface area contributed by atoms with Crippen LogP contribution < -0.4 is 5.73 Å². The minimum absolute atomic E-state index is 0.154. The maximum absolute atomic E-state index is 9.26. The lowest BCUT2D eigenvalue weighted by atomic mass is 9.97. The fraction of sp³-hybridized carbons (Fsp3) is 0.0952. The summed E-state index contributed by atoms with van der Waals surface area (Å²) in [7, 11) is 0. The van der Waals surface area contributed by atoms with E-state index in [1.165, 1.54) is 0 Å². The van der Waals surface area contributed by atoms with Gasteiger partial charge in [0, 0.05) is 16.5 Å². The minimum atomic E-state index is 0.154. The number of nitriles is 1. The molecule has 4 rings (SSSR count). The molecule has 0 aliphatic heterocycles. The Morgan fingerprint density at radius 3 is 2.74 bits per heavy atom. The summed E-state index contributed by atoms with van der Waals surface area (Å²) in [6.45, 7) is 2.02. The van der Waals surface area contributed by atoms with E-state index in [0.29, 0.717) is 16.5 Å². The molecule has 0 unspecified atom stereocenters. The summed E-state index contributed by atoms with van der Waals surface area (Å²) in [5.41, 5.74) is 11.2. The van der Waals surface area contributed by atoms with Gasteiger partial charge in [-0.3, -0.25) is 0 Å². The van der Waals surface area contributed by atoms with Crippen molar-refractivity contribution in [2.75, 3.05) is 5.73 Å². The molecule has 3 aromatic heterocycles. The summed E-state index contributed by atoms with van der Waals surface area (Å²) in [5.74, 6) is 0.345. The first-order valence-corrected chi connectivity index (χ1v) is 9.60. The van der Waals surface area contributed by atoms with Crippen molar-refractivity contribution in [3.8, 4) is 27.8 Å². The van der Waals surface area contributed by atoms with Crippen molar-refractivity contribution in [3.63, 3.8) is 0 Å². The van der Waals surface area contributed by atoms with E-state index in [1.807, 2.05) is 54.8 Å². The van der Waals surface area contributed by atoms with Gasteiger partial charge in [-0.25, -0.2) is 9.97 Å². The molecule has 27 heavy (non-hydrogen) atoms. The van der Waals surface area contributed by atoms with E-state index in [4.69, 9.17) is 17.3 Å². The highest BCUT2D eigenvalue weighted by Crippen LogP contribution is 2.37. The molecule has 0 amide bonds. The summed E-state index contributed by atoms with van der Waals surface area (Å²) in [5, 5.41) is 12.6. The van der Waals surface area contributed by atoms with E-state index in [-0.39, 0.29) is 6.42 Å². The van der Waals surface area contributed by atoms with Crippen LogP contribution in [-0.2, 0) is 6.42 Å². The second-order valence-electron chi connectivity index (χ2n) is 6.25. The fourth-order valence-electron chi connectivity index (χ4n) is 3.09. The van der Waals surface area contributed by atoms with Crippen LogP contribution in [-0.4, -0.2) is 9.97 Å². The molecule has 0 spiro atoms. The average molecular weight is 391 g/mol. The van der Waals surface area contributed by atoms with Crippen LogP contribution in [0.1, 0.15) is 11.1 Å². The van der Waals surface area contributed by atoms with Crippen LogP contribution >= 0.6 is 22.9 Å². The maximum Gasteiger partial charge on any atom is 0.137 e. The Morgan fingerprint density at radius 2 is 2.00 bits per heavy atom. The molecule has 0 saturated carbocycles. The van der Waals surface area contributed by atoms with Gasteiger partial charge < -0.3 is 5.73 Å². The summed E-state index contributed by atoms with van der Waals surface area (Å²) >= 11 is 8.12. The quantitative estimate of drug-likeness (QED) is 0.459. The lowest BCUT2D eigenvalue weighted by Crippen LogP contribution is -2.02. The van der Waals surface area contributed by atoms with E-state index in [0.717, 1.165) is 38.2 Å². The zero-order valence-corrected chi connectivity index (χ0v) is 16.1. The lowest BCUT2D eigenvalue weighted by molar-refractivity contribution is 1.21. The van der Waals surface area contributed by atoms with Crippen molar-refractivity contribution in [3.05, 3.63) is 64.1 Å². The molecule has 0 atom stereocenters. The number of benzene rings is 1. The van der Waals surface area contributed by atoms with Crippen LogP contribution in [0, 0.1) is 18.3 Å². The number of nitrogen functional groups attached to an aromatic ring is 1. The fourth-order valence-corrected chi connectivity index (χ4v) is 4.02. The molecular formula is C21H15ClN4S. The molecule has 1 aromatic carbocycles. The number of fused-ring (bicyclic) bond motifs is 1. The highest BCUT2D eigenvalue weighted by Gasteiger charge is 2.17. The number of anilines is 1. The molecule has 6 heteroatoms. The lowest BCUT2D eigenvalue weighted by Gasteiger charge is -2.14. The van der Waals surface area contributed by atoms with Crippen molar-refractivity contribution in [2.45, 2.75) is 13.3 Å². The summed E-state index contributed by atoms with van der Waals surface area (Å²) in [4.78, 5) is 10.1. The number of aryl methyl sites for hydroxylation is 1. The van der Waals surface area contributed by atoms with Gasteiger partial charge in [0.05, 0.1) is 28.6 Å². The highest BCUT2D eigenvalue weighted by molar-refractivity contribution is 7.13. The molecule has 4 aromatic rings. The Morgan fingerprint density at radius 1 is 1.15 bits per heavy atom. The third-order valence-corrected chi connectivity index (χ3v) is 5.58. The van der Waals surface area contributed by atoms with Gasteiger partial charge in [-0.1, -0.05) is 29.8 Å². The monoisotopic (exact) mass is 390 g/mol. The number of hydrogen-bond donors (Lipinski definition) is 1. The summed E-state index contributed by atoms with van der Waals surface area (Å²) < 4.78 is 0. The smallest absolute Gasteiger partial charge is 0.137 e. The van der Waals surface area contributed by atoms with Gasteiger partial charge in [0.15, 0.2) is 0 Å². The van der Waals surface area contributed by atoms with E-state index in [2.05, 4.69) is 16.0 Å². The molecule has 0 saturated heterocycles. The Kier molecular flexibility index (Phi) is 4.53. The number of halogens is 1. The van der Waals surface area contributed by atoms with Crippen LogP contribution in [0.5, 0.6) is 0 Å². The zero-order chi connectivity index (χ0) is 19.0. The largest absolute Gasteiger partial charge is 0.383 e. The SMILES string of the molecule is Cc1ccc2cc(-c3cc(-c4cccs4)nc(N)c3CC#N)c(Cl)nc2c1. The predicted molar refractivity (Wildman–Crippen MR) is 112 cm³/mol. The Hall–Kier alpha value is -2.94. The summed E-state index contributed by atoms with van der Waals surface area (Å²) in [6.07, 6.45) is 0.154. The Bertz CT molecular complexity index is 1190. The Labute approximate surface area is 165 Å². The van der Waals surface area contributed by atoms with Gasteiger partial charge in [0.2, 0.25) is 0 Å². The van der Waals surface area contributed by atoms with Gasteiger partial charge in [0.1, 0.15) is 11.0 Å². The third-order valence-electron chi connectivity index (χ3n) is 4.40. The average Bonchev–Trinajstić information content (AvgIpc) is 3.17. The minimum Gasteiger partial charge on any atom is -0.383 e. The van der Waals surface area contributed by atoms with Crippen molar-refractivity contribution in [2.24, 2.45) is 0 Å². The molecular weight excluding hydrogens is 376 g/mol. The van der Waals surface area contributed by atoms with Crippen LogP contribution in [0.15, 0.2) is 47.8 Å². The first kappa shape index (κ1) is 17.5. The maximum atomic E-state index is 9.26. The highest BCUT2D eigenvalue weighted by atomic mass is 35.5. The van der Waals surface area contributed by atoms with Crippen LogP contribution in [0.3, 0.4) is 0 Å². The van der Waals surface area contributed by atoms with Crippen molar-refractivity contribution < 1.29 is 0 Å². The van der Waals surface area contributed by atoms with Crippen molar-refractivity contribution in [1.29, 1.82) is 5.26 Å². The van der Waals surface area contributed by atoms with Crippen molar-refractivity contribution in [1.82, 2.24) is 9.97 Å².